The standard InChI is InChI=1S/C21H22O5/c1-13(20(22)16-8-7-14-5-4-6-15(14)11-16)26-21(23)18-10-9-17(24-2)12-19(18)25-3/h7-13H,4-6H2,1-3H3/t13-/m1/s1. The molecule has 0 amide bonds. The zero-order valence-corrected chi connectivity index (χ0v) is 15.2. The number of benzene rings is 2. The molecule has 26 heavy (non-hydrogen) atoms. The van der Waals surface area contributed by atoms with E-state index in [0.29, 0.717) is 17.1 Å². The van der Waals surface area contributed by atoms with Crippen LogP contribution in [0.3, 0.4) is 0 Å². The van der Waals surface area contributed by atoms with Crippen molar-refractivity contribution < 1.29 is 23.8 Å². The Labute approximate surface area is 152 Å². The highest BCUT2D eigenvalue weighted by Crippen LogP contribution is 2.26. The first-order valence-corrected chi connectivity index (χ1v) is 8.62. The van der Waals surface area contributed by atoms with Crippen LogP contribution in [0.25, 0.3) is 0 Å². The third-order valence-electron chi connectivity index (χ3n) is 4.66. The first kappa shape index (κ1) is 18.0. The van der Waals surface area contributed by atoms with E-state index in [1.807, 2.05) is 18.2 Å². The van der Waals surface area contributed by atoms with Gasteiger partial charge in [0.25, 0.3) is 0 Å². The van der Waals surface area contributed by atoms with Gasteiger partial charge >= 0.3 is 5.97 Å². The Balaban J connectivity index is 1.74. The van der Waals surface area contributed by atoms with Gasteiger partial charge in [0.05, 0.1) is 14.2 Å². The lowest BCUT2D eigenvalue weighted by Crippen LogP contribution is -2.24. The van der Waals surface area contributed by atoms with E-state index < -0.39 is 12.1 Å². The number of methoxy groups -OCH3 is 2. The number of fused-ring (bicyclic) bond motifs is 1. The first-order chi connectivity index (χ1) is 12.5. The van der Waals surface area contributed by atoms with Crippen molar-refractivity contribution in [3.05, 3.63) is 58.7 Å². The van der Waals surface area contributed by atoms with Crippen LogP contribution in [0, 0.1) is 0 Å². The van der Waals surface area contributed by atoms with Crippen LogP contribution in [-0.4, -0.2) is 32.1 Å². The van der Waals surface area contributed by atoms with Gasteiger partial charge in [0.15, 0.2) is 6.10 Å². The molecule has 0 unspecified atom stereocenters. The van der Waals surface area contributed by atoms with Gasteiger partial charge in [-0.1, -0.05) is 12.1 Å². The van der Waals surface area contributed by atoms with E-state index in [1.54, 1.807) is 25.1 Å². The molecule has 0 N–H and O–H groups in total. The van der Waals surface area contributed by atoms with E-state index in [1.165, 1.54) is 25.3 Å². The van der Waals surface area contributed by atoms with Crippen molar-refractivity contribution in [2.24, 2.45) is 0 Å². The van der Waals surface area contributed by atoms with Crippen molar-refractivity contribution in [2.45, 2.75) is 32.3 Å². The second-order valence-electron chi connectivity index (χ2n) is 6.32. The highest BCUT2D eigenvalue weighted by Gasteiger charge is 2.24. The van der Waals surface area contributed by atoms with E-state index >= 15 is 0 Å². The van der Waals surface area contributed by atoms with Gasteiger partial charge in [-0.15, -0.1) is 0 Å². The van der Waals surface area contributed by atoms with Crippen molar-refractivity contribution in [3.8, 4) is 11.5 Å². The van der Waals surface area contributed by atoms with E-state index in [-0.39, 0.29) is 11.3 Å². The molecule has 5 heteroatoms. The number of rotatable bonds is 6. The molecule has 136 valence electrons. The number of esters is 1. The van der Waals surface area contributed by atoms with Crippen LogP contribution >= 0.6 is 0 Å². The zero-order valence-electron chi connectivity index (χ0n) is 15.2. The lowest BCUT2D eigenvalue weighted by molar-refractivity contribution is 0.0316. The van der Waals surface area contributed by atoms with Crippen molar-refractivity contribution in [2.75, 3.05) is 14.2 Å². The summed E-state index contributed by atoms with van der Waals surface area (Å²) in [6.45, 7) is 1.59. The number of carbonyl (C=O) groups is 2. The Morgan fingerprint density at radius 2 is 1.73 bits per heavy atom. The van der Waals surface area contributed by atoms with Crippen LogP contribution in [0.5, 0.6) is 11.5 Å². The molecule has 0 saturated heterocycles. The molecule has 2 aromatic carbocycles. The molecular weight excluding hydrogens is 332 g/mol. The molecule has 0 radical (unpaired) electrons. The zero-order chi connectivity index (χ0) is 18.7. The number of Topliss-reactive ketones (excluding diaryl/α,β-unsaturated/α-hetero) is 1. The number of hydrogen-bond donors (Lipinski definition) is 0. The average Bonchev–Trinajstić information content (AvgIpc) is 3.14. The minimum Gasteiger partial charge on any atom is -0.497 e. The fraction of sp³-hybridized carbons (Fsp3) is 0.333. The van der Waals surface area contributed by atoms with Gasteiger partial charge in [-0.3, -0.25) is 4.79 Å². The summed E-state index contributed by atoms with van der Waals surface area (Å²) in [6.07, 6.45) is 2.29. The molecule has 1 aliphatic carbocycles. The summed E-state index contributed by atoms with van der Waals surface area (Å²) >= 11 is 0. The maximum Gasteiger partial charge on any atom is 0.342 e. The van der Waals surface area contributed by atoms with Crippen molar-refractivity contribution in [1.29, 1.82) is 0 Å². The molecule has 5 nitrogen and oxygen atoms in total. The van der Waals surface area contributed by atoms with E-state index in [4.69, 9.17) is 14.2 Å². The molecule has 3 rings (SSSR count). The van der Waals surface area contributed by atoms with Crippen LogP contribution in [-0.2, 0) is 17.6 Å². The fourth-order valence-corrected chi connectivity index (χ4v) is 3.20. The van der Waals surface area contributed by atoms with Crippen LogP contribution in [0.15, 0.2) is 36.4 Å². The number of hydrogen-bond acceptors (Lipinski definition) is 5. The molecule has 0 saturated carbocycles. The van der Waals surface area contributed by atoms with Gasteiger partial charge in [-0.2, -0.15) is 0 Å². The lowest BCUT2D eigenvalue weighted by atomic mass is 10.0. The predicted octanol–water partition coefficient (Wildman–Crippen LogP) is 3.62. The largest absolute Gasteiger partial charge is 0.497 e. The van der Waals surface area contributed by atoms with Crippen molar-refractivity contribution in [1.82, 2.24) is 0 Å². The normalized spacial score (nSPS) is 13.7. The molecule has 0 aliphatic heterocycles. The molecule has 0 fully saturated rings. The summed E-state index contributed by atoms with van der Waals surface area (Å²) in [5.74, 6) is 0.0965. The number of ketones is 1. The Hall–Kier alpha value is -2.82. The first-order valence-electron chi connectivity index (χ1n) is 8.62. The van der Waals surface area contributed by atoms with E-state index in [0.717, 1.165) is 19.3 Å². The van der Waals surface area contributed by atoms with Crippen LogP contribution in [0.4, 0.5) is 0 Å². The van der Waals surface area contributed by atoms with E-state index in [9.17, 15) is 9.59 Å². The third kappa shape index (κ3) is 3.57. The molecule has 0 heterocycles. The smallest absolute Gasteiger partial charge is 0.342 e. The van der Waals surface area contributed by atoms with Gasteiger partial charge in [0, 0.05) is 11.6 Å². The molecule has 0 aromatic heterocycles. The second-order valence-corrected chi connectivity index (χ2v) is 6.32. The van der Waals surface area contributed by atoms with Gasteiger partial charge in [-0.25, -0.2) is 4.79 Å². The quantitative estimate of drug-likeness (QED) is 0.586. The van der Waals surface area contributed by atoms with Crippen molar-refractivity contribution in [3.63, 3.8) is 0 Å². The van der Waals surface area contributed by atoms with Gasteiger partial charge in [-0.05, 0) is 55.5 Å². The molecule has 0 spiro atoms. The Morgan fingerprint density at radius 1 is 0.962 bits per heavy atom. The molecule has 2 aromatic rings. The topological polar surface area (TPSA) is 61.8 Å². The summed E-state index contributed by atoms with van der Waals surface area (Å²) in [6, 6.07) is 10.5. The third-order valence-corrected chi connectivity index (χ3v) is 4.66. The predicted molar refractivity (Wildman–Crippen MR) is 97.2 cm³/mol. The number of carbonyl (C=O) groups excluding carboxylic acids is 2. The minimum atomic E-state index is -0.881. The summed E-state index contributed by atoms with van der Waals surface area (Å²) in [5.41, 5.74) is 3.34. The number of ether oxygens (including phenoxy) is 3. The monoisotopic (exact) mass is 354 g/mol. The summed E-state index contributed by atoms with van der Waals surface area (Å²) < 4.78 is 15.7. The lowest BCUT2D eigenvalue weighted by Gasteiger charge is -2.15. The molecule has 1 aliphatic rings. The average molecular weight is 354 g/mol. The minimum absolute atomic E-state index is 0.208. The molecule has 1 atom stereocenters. The Bertz CT molecular complexity index is 840. The van der Waals surface area contributed by atoms with Gasteiger partial charge in [0.2, 0.25) is 5.78 Å². The summed E-state index contributed by atoms with van der Waals surface area (Å²) in [5, 5.41) is 0. The second kappa shape index (κ2) is 7.60. The maximum absolute atomic E-state index is 12.6. The number of aryl methyl sites for hydroxylation is 2. The molecular formula is C21H22O5. The molecule has 0 bridgehead atoms. The summed E-state index contributed by atoms with van der Waals surface area (Å²) in [4.78, 5) is 25.1. The van der Waals surface area contributed by atoms with E-state index in [2.05, 4.69) is 0 Å². The maximum atomic E-state index is 12.6. The highest BCUT2D eigenvalue weighted by atomic mass is 16.5. The highest BCUT2D eigenvalue weighted by molar-refractivity contribution is 6.02. The van der Waals surface area contributed by atoms with Crippen LogP contribution in [0.2, 0.25) is 0 Å². The SMILES string of the molecule is COc1ccc(C(=O)O[C@H](C)C(=O)c2ccc3c(c2)CCC3)c(OC)c1. The van der Waals surface area contributed by atoms with Gasteiger partial charge in [0.1, 0.15) is 17.1 Å². The Morgan fingerprint density at radius 3 is 2.46 bits per heavy atom. The fourth-order valence-electron chi connectivity index (χ4n) is 3.20. The Kier molecular flexibility index (Phi) is 5.26. The summed E-state index contributed by atoms with van der Waals surface area (Å²) in [7, 11) is 2.99. The van der Waals surface area contributed by atoms with Crippen LogP contribution in [0.1, 0.15) is 45.2 Å². The van der Waals surface area contributed by atoms with Crippen molar-refractivity contribution >= 4 is 11.8 Å². The van der Waals surface area contributed by atoms with Crippen LogP contribution < -0.4 is 9.47 Å². The van der Waals surface area contributed by atoms with Gasteiger partial charge < -0.3 is 14.2 Å².